The third kappa shape index (κ3) is 10.9. The summed E-state index contributed by atoms with van der Waals surface area (Å²) in [4.78, 5) is 29.7. The Morgan fingerprint density at radius 3 is 1.02 bits per heavy atom. The number of benzene rings is 15. The summed E-state index contributed by atoms with van der Waals surface area (Å²) in [7, 11) is 0. The second-order valence-electron chi connectivity index (χ2n) is 26.5. The molecule has 0 saturated carbocycles. The first-order valence-electron chi connectivity index (χ1n) is 35.6. The molecule has 21 rings (SSSR count). The fourth-order valence-electron chi connectivity index (χ4n) is 15.2. The van der Waals surface area contributed by atoms with E-state index in [1.165, 1.54) is 96.8 Å². The zero-order valence-corrected chi connectivity index (χ0v) is 58.0. The Morgan fingerprint density at radius 2 is 0.509 bits per heavy atom. The van der Waals surface area contributed by atoms with E-state index in [0.717, 1.165) is 61.5 Å². The van der Waals surface area contributed by atoms with Crippen molar-refractivity contribution in [3.8, 4) is 108 Å². The summed E-state index contributed by atoms with van der Waals surface area (Å²) < 4.78 is 9.73. The summed E-state index contributed by atoms with van der Waals surface area (Å²) in [6, 6.07) is 130. The summed E-state index contributed by atoms with van der Waals surface area (Å²) in [5.74, 6) is 3.88. The highest BCUT2D eigenvalue weighted by Gasteiger charge is 2.21. The minimum absolute atomic E-state index is 0.631. The maximum Gasteiger partial charge on any atom is 0.164 e. The van der Waals surface area contributed by atoms with Crippen molar-refractivity contribution in [3.05, 3.63) is 370 Å². The Bertz CT molecular complexity index is 6810. The van der Waals surface area contributed by atoms with E-state index >= 15 is 0 Å². The van der Waals surface area contributed by atoms with Crippen LogP contribution in [-0.4, -0.2) is 43.6 Å². The molecule has 9 nitrogen and oxygen atoms in total. The number of nitrogens with zero attached hydrogens (tertiary/aromatic N) is 9. The third-order valence-electron chi connectivity index (χ3n) is 20.2. The van der Waals surface area contributed by atoms with Gasteiger partial charge >= 0.3 is 0 Å². The molecule has 0 aliphatic carbocycles. The summed E-state index contributed by atoms with van der Waals surface area (Å²) in [5, 5.41) is 9.98. The molecule has 6 heterocycles. The minimum Gasteiger partial charge on any atom is -0.309 e. The van der Waals surface area contributed by atoms with Gasteiger partial charge in [-0.25, -0.2) is 29.9 Å². The van der Waals surface area contributed by atoms with Crippen LogP contribution >= 0.6 is 11.3 Å². The molecule has 0 atom stereocenters. The maximum atomic E-state index is 5.02. The van der Waals surface area contributed by atoms with E-state index in [0.29, 0.717) is 34.9 Å². The van der Waals surface area contributed by atoms with Crippen molar-refractivity contribution in [3.63, 3.8) is 0 Å². The smallest absolute Gasteiger partial charge is 0.164 e. The highest BCUT2D eigenvalue weighted by atomic mass is 32.1. The molecular weight excluding hydrogens is 1310 g/mol. The average molecular weight is 1370 g/mol. The van der Waals surface area contributed by atoms with Crippen LogP contribution in [0.3, 0.4) is 0 Å². The van der Waals surface area contributed by atoms with Crippen molar-refractivity contribution in [1.29, 1.82) is 0 Å². The zero-order chi connectivity index (χ0) is 70.0. The number of aromatic nitrogens is 9. The van der Waals surface area contributed by atoms with Crippen LogP contribution in [0.4, 0.5) is 0 Å². The minimum atomic E-state index is 0.631. The van der Waals surface area contributed by atoms with E-state index in [1.807, 2.05) is 133 Å². The van der Waals surface area contributed by atoms with Gasteiger partial charge in [-0.05, 0) is 125 Å². The largest absolute Gasteiger partial charge is 0.309 e. The lowest BCUT2D eigenvalue weighted by molar-refractivity contribution is 1.07. The van der Waals surface area contributed by atoms with Crippen molar-refractivity contribution in [2.24, 2.45) is 0 Å². The normalized spacial score (nSPS) is 11.6. The SMILES string of the molecule is c1ccc(-c2nc(-c3ccccc3)nc(-c3ccc(-n4c5ccccc5c5ccc(-c6cccc7c6sc6ccccc67)cc54)cc3)n2)cc1.c1ccc(-c2nc(-c3ccccc3)nc(-c3cccc(-n4c5ccccc5c5cc(-c6ccc7c(c6)c6ccccc6n7-c6ccccc6)ccc54)c3)n2)cc1. The van der Waals surface area contributed by atoms with E-state index in [4.69, 9.17) is 29.9 Å². The number of hydrogen-bond acceptors (Lipinski definition) is 7. The monoisotopic (exact) mass is 1370 g/mol. The molecule has 0 amide bonds. The van der Waals surface area contributed by atoms with Crippen LogP contribution in [0.5, 0.6) is 0 Å². The predicted molar refractivity (Wildman–Crippen MR) is 439 cm³/mol. The quantitative estimate of drug-likeness (QED) is 0.128. The Labute approximate surface area is 614 Å². The summed E-state index contributed by atoms with van der Waals surface area (Å²) >= 11 is 1.87. The summed E-state index contributed by atoms with van der Waals surface area (Å²) in [6.07, 6.45) is 0. The van der Waals surface area contributed by atoms with Crippen LogP contribution in [0.15, 0.2) is 370 Å². The van der Waals surface area contributed by atoms with E-state index in [-0.39, 0.29) is 0 Å². The molecule has 0 saturated heterocycles. The number of thiophene rings is 1. The first-order valence-corrected chi connectivity index (χ1v) is 36.4. The first kappa shape index (κ1) is 61.8. The Balaban J connectivity index is 0.000000141. The Morgan fingerprint density at radius 1 is 0.179 bits per heavy atom. The van der Waals surface area contributed by atoms with Gasteiger partial charge in [0, 0.05) is 103 Å². The van der Waals surface area contributed by atoms with Crippen molar-refractivity contribution >= 4 is 96.9 Å². The third-order valence-corrected chi connectivity index (χ3v) is 21.4. The molecule has 0 aliphatic rings. The maximum absolute atomic E-state index is 5.02. The van der Waals surface area contributed by atoms with Gasteiger partial charge in [0.25, 0.3) is 0 Å². The highest BCUT2D eigenvalue weighted by Crippen LogP contribution is 2.44. The van der Waals surface area contributed by atoms with Gasteiger partial charge in [-0.15, -0.1) is 11.3 Å². The van der Waals surface area contributed by atoms with E-state index in [9.17, 15) is 0 Å². The van der Waals surface area contributed by atoms with Crippen LogP contribution < -0.4 is 0 Å². The Kier molecular flexibility index (Phi) is 15.2. The molecule has 496 valence electrons. The lowest BCUT2D eigenvalue weighted by Gasteiger charge is -2.12. The van der Waals surface area contributed by atoms with Crippen molar-refractivity contribution in [1.82, 2.24) is 43.6 Å². The molecule has 0 radical (unpaired) electrons. The van der Waals surface area contributed by atoms with Gasteiger partial charge in [-0.1, -0.05) is 267 Å². The second-order valence-corrected chi connectivity index (χ2v) is 27.6. The predicted octanol–water partition coefficient (Wildman–Crippen LogP) is 24.7. The van der Waals surface area contributed by atoms with Gasteiger partial charge in [0.1, 0.15) is 0 Å². The van der Waals surface area contributed by atoms with E-state index < -0.39 is 0 Å². The number of para-hydroxylation sites is 4. The van der Waals surface area contributed by atoms with Gasteiger partial charge in [0.2, 0.25) is 0 Å². The van der Waals surface area contributed by atoms with Crippen molar-refractivity contribution in [2.45, 2.75) is 0 Å². The molecule has 15 aromatic carbocycles. The van der Waals surface area contributed by atoms with Crippen LogP contribution in [0.1, 0.15) is 0 Å². The van der Waals surface area contributed by atoms with Gasteiger partial charge in [0.15, 0.2) is 34.9 Å². The van der Waals surface area contributed by atoms with Crippen molar-refractivity contribution < 1.29 is 0 Å². The molecule has 0 N–H and O–H groups in total. The van der Waals surface area contributed by atoms with Gasteiger partial charge < -0.3 is 13.7 Å². The molecule has 0 bridgehead atoms. The second kappa shape index (κ2) is 26.1. The molecule has 21 aromatic rings. The molecule has 106 heavy (non-hydrogen) atoms. The molecule has 6 aromatic heterocycles. The van der Waals surface area contributed by atoms with Gasteiger partial charge in [-0.3, -0.25) is 0 Å². The summed E-state index contributed by atoms with van der Waals surface area (Å²) in [5.41, 5.74) is 20.8. The standard InChI is InChI=1S/C51H33N5.C45H28N4S/c1-4-15-34(16-5-1)49-52-50(35-17-6-2-7-18-35)54-51(53-49)38-19-14-22-40(31-38)56-46-26-13-11-24-42(46)44-33-37(28-30-48(44)56)36-27-29-47-43(32-36)41-23-10-12-25-45(41)55(47)39-20-8-3-9-21-39;1-3-12-29(13-4-1)43-46-44(30-14-5-2-6-15-30)48-45(47-43)31-22-25-33(26-23-31)49-39-20-9-7-16-35(39)36-27-24-32(28-40(36)49)34-18-11-19-38-37-17-8-10-21-41(37)50-42(34)38/h1-33H;1-28H. The molecule has 0 unspecified atom stereocenters. The van der Waals surface area contributed by atoms with Crippen LogP contribution in [-0.2, 0) is 0 Å². The fourth-order valence-corrected chi connectivity index (χ4v) is 16.5. The van der Waals surface area contributed by atoms with E-state index in [2.05, 4.69) is 262 Å². The average Bonchev–Trinajstić information content (AvgIpc) is 1.58. The van der Waals surface area contributed by atoms with Crippen molar-refractivity contribution in [2.75, 3.05) is 0 Å². The van der Waals surface area contributed by atoms with Gasteiger partial charge in [-0.2, -0.15) is 0 Å². The highest BCUT2D eigenvalue weighted by molar-refractivity contribution is 7.26. The number of rotatable bonds is 11. The number of hydrogen-bond donors (Lipinski definition) is 0. The lowest BCUT2D eigenvalue weighted by Crippen LogP contribution is -2.01. The molecule has 0 spiro atoms. The Hall–Kier alpha value is -14.1. The first-order chi connectivity index (χ1) is 52.5. The van der Waals surface area contributed by atoms with Crippen LogP contribution in [0.2, 0.25) is 0 Å². The summed E-state index contributed by atoms with van der Waals surface area (Å²) in [6.45, 7) is 0. The lowest BCUT2D eigenvalue weighted by atomic mass is 10.0. The molecule has 10 heteroatoms. The van der Waals surface area contributed by atoms with E-state index in [1.54, 1.807) is 0 Å². The van der Waals surface area contributed by atoms with Crippen LogP contribution in [0.25, 0.3) is 193 Å². The molecule has 0 aliphatic heterocycles. The molecule has 0 fully saturated rings. The fraction of sp³-hybridized carbons (Fsp3) is 0. The zero-order valence-electron chi connectivity index (χ0n) is 57.2. The number of fused-ring (bicyclic) bond motifs is 12. The topological polar surface area (TPSA) is 92.1 Å². The molecular formula is C96H61N9S. The van der Waals surface area contributed by atoms with Gasteiger partial charge in [0.05, 0.1) is 33.1 Å². The van der Waals surface area contributed by atoms with Crippen LogP contribution in [0, 0.1) is 0 Å².